The summed E-state index contributed by atoms with van der Waals surface area (Å²) in [6.07, 6.45) is 4.97. The first kappa shape index (κ1) is 20.6. The van der Waals surface area contributed by atoms with Crippen molar-refractivity contribution in [2.24, 2.45) is 0 Å². The van der Waals surface area contributed by atoms with Crippen LogP contribution in [0.15, 0.2) is 70.1 Å². The summed E-state index contributed by atoms with van der Waals surface area (Å²) in [4.78, 5) is 26.8. The number of pyridine rings is 1. The van der Waals surface area contributed by atoms with Crippen molar-refractivity contribution in [3.8, 4) is 5.75 Å². The van der Waals surface area contributed by atoms with Crippen molar-refractivity contribution in [2.75, 3.05) is 6.61 Å². The van der Waals surface area contributed by atoms with E-state index >= 15 is 0 Å². The van der Waals surface area contributed by atoms with E-state index in [1.165, 1.54) is 12.3 Å². The van der Waals surface area contributed by atoms with Gasteiger partial charge in [0.15, 0.2) is 5.43 Å². The molecule has 3 aromatic rings. The first-order chi connectivity index (χ1) is 14.1. The number of esters is 1. The van der Waals surface area contributed by atoms with Crippen molar-refractivity contribution in [3.05, 3.63) is 97.9 Å². The highest BCUT2D eigenvalue weighted by Gasteiger charge is 2.11. The second kappa shape index (κ2) is 9.89. The van der Waals surface area contributed by atoms with E-state index in [-0.39, 0.29) is 12.2 Å². The van der Waals surface area contributed by atoms with Gasteiger partial charge in [-0.15, -0.1) is 0 Å². The molecule has 2 aromatic carbocycles. The quantitative estimate of drug-likeness (QED) is 0.507. The molecule has 0 aliphatic carbocycles. The molecule has 0 amide bonds. The smallest absolute Gasteiger partial charge is 0.343 e. The van der Waals surface area contributed by atoms with Gasteiger partial charge >= 0.3 is 5.97 Å². The molecular formula is C23H20BrNO4. The highest BCUT2D eigenvalue weighted by molar-refractivity contribution is 9.10. The molecule has 0 aliphatic heterocycles. The van der Waals surface area contributed by atoms with Crippen molar-refractivity contribution >= 4 is 34.1 Å². The normalized spacial score (nSPS) is 10.8. The zero-order valence-corrected chi connectivity index (χ0v) is 17.4. The molecule has 148 valence electrons. The van der Waals surface area contributed by atoms with Gasteiger partial charge in [0.2, 0.25) is 0 Å². The summed E-state index contributed by atoms with van der Waals surface area (Å²) in [5, 5.41) is 0. The third-order valence-corrected chi connectivity index (χ3v) is 4.58. The van der Waals surface area contributed by atoms with Gasteiger partial charge in [-0.3, -0.25) is 4.79 Å². The number of nitrogens with one attached hydrogen (secondary N) is 1. The second-order valence-corrected chi connectivity index (χ2v) is 7.09. The molecule has 29 heavy (non-hydrogen) atoms. The molecule has 0 aliphatic rings. The maximum absolute atomic E-state index is 12.2. The molecular weight excluding hydrogens is 434 g/mol. The molecule has 1 aromatic heterocycles. The van der Waals surface area contributed by atoms with Crippen LogP contribution in [0.2, 0.25) is 0 Å². The Morgan fingerprint density at radius 2 is 1.90 bits per heavy atom. The second-order valence-electron chi connectivity index (χ2n) is 6.18. The number of carbonyl (C=O) groups is 1. The summed E-state index contributed by atoms with van der Waals surface area (Å²) in [5.74, 6) is 0.0895. The Morgan fingerprint density at radius 1 is 1.10 bits per heavy atom. The molecule has 3 rings (SSSR count). The minimum atomic E-state index is -0.632. The standard InChI is InChI=1S/C23H20BrNO4/c1-2-28-23(27)20-14-25-19(13-21(20)26)10-8-17-12-18(24)9-11-22(17)29-15-16-6-4-3-5-7-16/h3-14H,2,15H2,1H3,(H,25,26). The van der Waals surface area contributed by atoms with E-state index in [9.17, 15) is 9.59 Å². The number of aromatic amines is 1. The summed E-state index contributed by atoms with van der Waals surface area (Å²) in [5.41, 5.74) is 2.09. The first-order valence-electron chi connectivity index (χ1n) is 9.11. The van der Waals surface area contributed by atoms with Gasteiger partial charge in [-0.1, -0.05) is 46.3 Å². The zero-order chi connectivity index (χ0) is 20.6. The Morgan fingerprint density at radius 3 is 2.62 bits per heavy atom. The van der Waals surface area contributed by atoms with Crippen molar-refractivity contribution < 1.29 is 14.3 Å². The van der Waals surface area contributed by atoms with Gasteiger partial charge in [0.25, 0.3) is 0 Å². The van der Waals surface area contributed by atoms with Crippen LogP contribution in [-0.2, 0) is 11.3 Å². The Hall–Kier alpha value is -3.12. The molecule has 0 radical (unpaired) electrons. The number of ether oxygens (including phenoxy) is 2. The van der Waals surface area contributed by atoms with Crippen LogP contribution in [0.5, 0.6) is 5.75 Å². The number of hydrogen-bond acceptors (Lipinski definition) is 4. The molecule has 0 atom stereocenters. The average molecular weight is 454 g/mol. The van der Waals surface area contributed by atoms with Crippen molar-refractivity contribution in [1.82, 2.24) is 4.98 Å². The minimum Gasteiger partial charge on any atom is -0.488 e. The number of hydrogen-bond donors (Lipinski definition) is 1. The number of halogens is 1. The fraction of sp³-hybridized carbons (Fsp3) is 0.130. The van der Waals surface area contributed by atoms with Gasteiger partial charge in [-0.25, -0.2) is 4.79 Å². The summed E-state index contributed by atoms with van der Waals surface area (Å²) >= 11 is 3.47. The topological polar surface area (TPSA) is 68.4 Å². The SMILES string of the molecule is CCOC(=O)c1c[nH]c(C=Cc2cc(Br)ccc2OCc2ccccc2)cc1=O. The molecule has 1 N–H and O–H groups in total. The van der Waals surface area contributed by atoms with Gasteiger partial charge in [0, 0.05) is 28.0 Å². The predicted octanol–water partition coefficient (Wildman–Crippen LogP) is 5.06. The Bertz CT molecular complexity index is 1070. The van der Waals surface area contributed by atoms with Gasteiger partial charge in [0.1, 0.15) is 17.9 Å². The lowest BCUT2D eigenvalue weighted by Gasteiger charge is -2.10. The third kappa shape index (κ3) is 5.68. The zero-order valence-electron chi connectivity index (χ0n) is 15.9. The highest BCUT2D eigenvalue weighted by Crippen LogP contribution is 2.26. The van der Waals surface area contributed by atoms with Gasteiger partial charge in [0.05, 0.1) is 6.61 Å². The van der Waals surface area contributed by atoms with Crippen molar-refractivity contribution in [3.63, 3.8) is 0 Å². The van der Waals surface area contributed by atoms with Crippen molar-refractivity contribution in [2.45, 2.75) is 13.5 Å². The predicted molar refractivity (Wildman–Crippen MR) is 117 cm³/mol. The van der Waals surface area contributed by atoms with Gasteiger partial charge in [-0.05, 0) is 42.8 Å². The molecule has 1 heterocycles. The Kier molecular flexibility index (Phi) is 7.03. The molecule has 0 spiro atoms. The van der Waals surface area contributed by atoms with E-state index in [0.29, 0.717) is 12.3 Å². The average Bonchev–Trinajstić information content (AvgIpc) is 2.72. The van der Waals surface area contributed by atoms with Crippen LogP contribution >= 0.6 is 15.9 Å². The van der Waals surface area contributed by atoms with Crippen LogP contribution in [0.1, 0.15) is 34.1 Å². The number of aromatic nitrogens is 1. The number of H-pyrrole nitrogens is 1. The lowest BCUT2D eigenvalue weighted by Crippen LogP contribution is -2.17. The number of rotatable bonds is 7. The van der Waals surface area contributed by atoms with E-state index in [4.69, 9.17) is 9.47 Å². The number of benzene rings is 2. The van der Waals surface area contributed by atoms with Crippen LogP contribution < -0.4 is 10.2 Å². The van der Waals surface area contributed by atoms with E-state index in [1.54, 1.807) is 13.0 Å². The van der Waals surface area contributed by atoms with E-state index in [2.05, 4.69) is 20.9 Å². The Labute approximate surface area is 177 Å². The molecule has 5 nitrogen and oxygen atoms in total. The molecule has 0 bridgehead atoms. The lowest BCUT2D eigenvalue weighted by molar-refractivity contribution is 0.0524. The highest BCUT2D eigenvalue weighted by atomic mass is 79.9. The van der Waals surface area contributed by atoms with Crippen molar-refractivity contribution in [1.29, 1.82) is 0 Å². The summed E-state index contributed by atoms with van der Waals surface area (Å²) in [7, 11) is 0. The fourth-order valence-electron chi connectivity index (χ4n) is 2.65. The van der Waals surface area contributed by atoms with Crippen LogP contribution in [0, 0.1) is 0 Å². The minimum absolute atomic E-state index is 0.0154. The van der Waals surface area contributed by atoms with Crippen LogP contribution in [0.4, 0.5) is 0 Å². The van der Waals surface area contributed by atoms with E-state index in [0.717, 1.165) is 21.3 Å². The molecule has 0 unspecified atom stereocenters. The van der Waals surface area contributed by atoms with Crippen LogP contribution in [-0.4, -0.2) is 17.6 Å². The molecule has 0 fully saturated rings. The molecule has 6 heteroatoms. The van der Waals surface area contributed by atoms with Gasteiger partial charge < -0.3 is 14.5 Å². The maximum Gasteiger partial charge on any atom is 0.343 e. The third-order valence-electron chi connectivity index (χ3n) is 4.08. The maximum atomic E-state index is 12.2. The monoisotopic (exact) mass is 453 g/mol. The first-order valence-corrected chi connectivity index (χ1v) is 9.90. The van der Waals surface area contributed by atoms with Gasteiger partial charge in [-0.2, -0.15) is 0 Å². The molecule has 0 saturated carbocycles. The number of carbonyl (C=O) groups excluding carboxylic acids is 1. The summed E-state index contributed by atoms with van der Waals surface area (Å²) in [6, 6.07) is 17.0. The van der Waals surface area contributed by atoms with Crippen LogP contribution in [0.25, 0.3) is 12.2 Å². The Balaban J connectivity index is 1.79. The lowest BCUT2D eigenvalue weighted by atomic mass is 10.1. The summed E-state index contributed by atoms with van der Waals surface area (Å²) < 4.78 is 11.7. The molecule has 0 saturated heterocycles. The van der Waals surface area contributed by atoms with Crippen LogP contribution in [0.3, 0.4) is 0 Å². The van der Waals surface area contributed by atoms with E-state index < -0.39 is 11.4 Å². The largest absolute Gasteiger partial charge is 0.488 e. The summed E-state index contributed by atoms with van der Waals surface area (Å²) in [6.45, 7) is 2.36. The van der Waals surface area contributed by atoms with E-state index in [1.807, 2.05) is 54.6 Å². The fourth-order valence-corrected chi connectivity index (χ4v) is 3.03.